The van der Waals surface area contributed by atoms with Gasteiger partial charge in [-0.3, -0.25) is 43.7 Å². The fourth-order valence-electron chi connectivity index (χ4n) is 8.84. The Morgan fingerprint density at radius 2 is 1.61 bits per heavy atom. The minimum absolute atomic E-state index is 0.0401. The number of carbonyl (C=O) groups is 8. The van der Waals surface area contributed by atoms with Crippen molar-refractivity contribution in [3.63, 3.8) is 0 Å². The van der Waals surface area contributed by atoms with E-state index < -0.39 is 59.5 Å². The molecule has 0 aromatic heterocycles. The highest BCUT2D eigenvalue weighted by Gasteiger charge is 2.58. The lowest BCUT2D eigenvalue weighted by Crippen LogP contribution is -2.50. The first-order valence-electron chi connectivity index (χ1n) is 25.5. The number of ether oxygens (including phenoxy) is 4. The molecule has 402 valence electrons. The van der Waals surface area contributed by atoms with Crippen LogP contribution in [0, 0.1) is 5.92 Å². The zero-order chi connectivity index (χ0) is 53.8. The van der Waals surface area contributed by atoms with E-state index in [1.54, 1.807) is 61.5 Å². The number of para-hydroxylation sites is 1. The molecule has 3 saturated heterocycles. The van der Waals surface area contributed by atoms with E-state index >= 15 is 0 Å². The maximum Gasteiger partial charge on any atom is 0.303 e. The van der Waals surface area contributed by atoms with E-state index in [0.717, 1.165) is 30.4 Å². The summed E-state index contributed by atoms with van der Waals surface area (Å²) in [4.78, 5) is 99.5. The van der Waals surface area contributed by atoms with Gasteiger partial charge in [0.05, 0.1) is 43.9 Å². The minimum atomic E-state index is -1.04. The number of anilines is 1. The van der Waals surface area contributed by atoms with Crippen LogP contribution in [0.5, 0.6) is 0 Å². The van der Waals surface area contributed by atoms with Crippen molar-refractivity contribution in [2.75, 3.05) is 25.0 Å². The molecular formula is C55H74N6O13. The molecule has 3 fully saturated rings. The van der Waals surface area contributed by atoms with Crippen molar-refractivity contribution < 1.29 is 62.4 Å². The number of esters is 1. The number of allylic oxidation sites excluding steroid dienone is 2. The molecule has 3 aliphatic rings. The van der Waals surface area contributed by atoms with Gasteiger partial charge in [0.1, 0.15) is 23.9 Å². The third-order valence-corrected chi connectivity index (χ3v) is 13.2. The van der Waals surface area contributed by atoms with Crippen molar-refractivity contribution in [3.8, 4) is 0 Å². The number of unbranched alkanes of at least 4 members (excludes halogenated alkanes) is 2. The number of aliphatic hydroxyl groups is 1. The van der Waals surface area contributed by atoms with Gasteiger partial charge in [0, 0.05) is 50.9 Å². The van der Waals surface area contributed by atoms with Crippen LogP contribution in [0.3, 0.4) is 0 Å². The van der Waals surface area contributed by atoms with Gasteiger partial charge in [0.25, 0.3) is 5.91 Å². The molecule has 74 heavy (non-hydrogen) atoms. The summed E-state index contributed by atoms with van der Waals surface area (Å²) in [6.45, 7) is 9.86. The van der Waals surface area contributed by atoms with E-state index in [0.29, 0.717) is 55.6 Å². The van der Waals surface area contributed by atoms with Crippen LogP contribution in [-0.4, -0.2) is 120 Å². The smallest absolute Gasteiger partial charge is 0.303 e. The number of aryl methyl sites for hydroxylation is 1. The number of carbonyl (C=O) groups excluding carboxylic acids is 8. The number of hydrogen-bond donors (Lipinski definition) is 7. The van der Waals surface area contributed by atoms with Gasteiger partial charge in [-0.25, -0.2) is 0 Å². The van der Waals surface area contributed by atoms with Gasteiger partial charge >= 0.3 is 5.97 Å². The minimum Gasteiger partial charge on any atom is -0.459 e. The Morgan fingerprint density at radius 1 is 0.878 bits per heavy atom. The summed E-state index contributed by atoms with van der Waals surface area (Å²) in [5.41, 5.74) is 8.01. The third-order valence-electron chi connectivity index (χ3n) is 13.2. The van der Waals surface area contributed by atoms with Crippen molar-refractivity contribution in [1.82, 2.24) is 21.3 Å². The quantitative estimate of drug-likeness (QED) is 0.0177. The summed E-state index contributed by atoms with van der Waals surface area (Å²) in [6.07, 6.45) is 9.90. The Kier molecular flexibility index (Phi) is 22.9. The van der Waals surface area contributed by atoms with E-state index in [-0.39, 0.29) is 80.7 Å². The first-order valence-corrected chi connectivity index (χ1v) is 25.5. The van der Waals surface area contributed by atoms with Crippen molar-refractivity contribution in [3.05, 3.63) is 101 Å². The molecule has 9 unspecified atom stereocenters. The molecular weight excluding hydrogens is 953 g/mol. The van der Waals surface area contributed by atoms with E-state index in [9.17, 15) is 43.5 Å². The highest BCUT2D eigenvalue weighted by molar-refractivity contribution is 6.39. The molecule has 0 saturated carbocycles. The van der Waals surface area contributed by atoms with Crippen LogP contribution in [0.1, 0.15) is 109 Å². The van der Waals surface area contributed by atoms with Gasteiger partial charge in [0.2, 0.25) is 35.3 Å². The molecule has 8 N–H and O–H groups in total. The zero-order valence-electron chi connectivity index (χ0n) is 43.2. The molecule has 9 atom stereocenters. The molecule has 0 radical (unpaired) electrons. The first-order chi connectivity index (χ1) is 35.3. The maximum atomic E-state index is 13.1. The Balaban J connectivity index is 1.00. The fourth-order valence-corrected chi connectivity index (χ4v) is 8.84. The molecule has 2 aromatic carbocycles. The van der Waals surface area contributed by atoms with Crippen LogP contribution in [-0.2, 0) is 76.7 Å². The average molecular weight is 1030 g/mol. The van der Waals surface area contributed by atoms with Gasteiger partial charge in [-0.05, 0) is 94.2 Å². The zero-order valence-corrected chi connectivity index (χ0v) is 43.2. The van der Waals surface area contributed by atoms with Crippen molar-refractivity contribution >= 4 is 52.9 Å². The second-order valence-electron chi connectivity index (χ2n) is 19.5. The number of benzene rings is 2. The number of nitrogens with two attached hydrogens (primary N) is 1. The molecule has 19 nitrogen and oxygen atoms in total. The molecule has 0 bridgehead atoms. The highest BCUT2D eigenvalue weighted by atomic mass is 16.6. The molecule has 0 aliphatic carbocycles. The average Bonchev–Trinajstić information content (AvgIpc) is 4.14. The molecule has 3 aliphatic heterocycles. The Bertz CT molecular complexity index is 2380. The van der Waals surface area contributed by atoms with Crippen LogP contribution >= 0.6 is 0 Å². The van der Waals surface area contributed by atoms with E-state index in [1.807, 2.05) is 19.9 Å². The van der Waals surface area contributed by atoms with Gasteiger partial charge < -0.3 is 51.1 Å². The Hall–Kier alpha value is -6.38. The number of rotatable bonds is 26. The molecule has 2 aromatic rings. The maximum absolute atomic E-state index is 13.1. The number of imide groups is 1. The van der Waals surface area contributed by atoms with Crippen LogP contribution < -0.4 is 32.3 Å². The number of Topliss-reactive ketones (excluding diaryl/α,β-unsaturated/α-hetero) is 1. The summed E-state index contributed by atoms with van der Waals surface area (Å²) in [5, 5.41) is 24.5. The highest BCUT2D eigenvalue weighted by Crippen LogP contribution is 2.43. The standard InChI is InChI=1S/C55H74N6O13/c1-34(14-22-46-35(2)27-44(37(4)73-46)60-49(65)24-16-36(3)72-38(5)62)15-23-47-53(69)55(33-71-55)30-42(74-47)29-51(67)57-31-40-19-17-39(18-20-40)28-45(63)54(70)61-50(66)25-21-41-11-8-9-12-43(41)59-52(68)32-58-48(64)13-7-6-10-26-56/h8-9,11-12,14-20,23-24,35-37,42,44,46-47,53,69H,6-7,10,13,21-22,25-33,56H2,1-5H3,(H,57,67)(H,58,64)(H,59,68)(H,60,65)(H,61,66,70). The van der Waals surface area contributed by atoms with Crippen molar-refractivity contribution in [2.45, 2.75) is 160 Å². The first kappa shape index (κ1) is 58.5. The lowest BCUT2D eigenvalue weighted by Gasteiger charge is -2.39. The Morgan fingerprint density at radius 3 is 2.32 bits per heavy atom. The number of aliphatic hydroxyl groups excluding tert-OH is 1. The molecule has 3 heterocycles. The van der Waals surface area contributed by atoms with E-state index in [4.69, 9.17) is 24.7 Å². The van der Waals surface area contributed by atoms with Crippen molar-refractivity contribution in [1.29, 1.82) is 0 Å². The van der Waals surface area contributed by atoms with Gasteiger partial charge in [-0.15, -0.1) is 0 Å². The van der Waals surface area contributed by atoms with Crippen LogP contribution in [0.25, 0.3) is 0 Å². The number of amides is 6. The van der Waals surface area contributed by atoms with Crippen LogP contribution in [0.4, 0.5) is 5.69 Å². The second-order valence-corrected chi connectivity index (χ2v) is 19.5. The fraction of sp³-hybridized carbons (Fsp3) is 0.527. The van der Waals surface area contributed by atoms with Gasteiger partial charge in [0.15, 0.2) is 0 Å². The normalized spacial score (nSPS) is 23.9. The molecule has 5 rings (SSSR count). The second kappa shape index (κ2) is 28.9. The van der Waals surface area contributed by atoms with Crippen LogP contribution in [0.15, 0.2) is 84.5 Å². The third kappa shape index (κ3) is 19.5. The van der Waals surface area contributed by atoms with Crippen molar-refractivity contribution in [2.24, 2.45) is 11.7 Å². The summed E-state index contributed by atoms with van der Waals surface area (Å²) >= 11 is 0. The van der Waals surface area contributed by atoms with E-state index in [1.165, 1.54) is 19.1 Å². The van der Waals surface area contributed by atoms with E-state index in [2.05, 4.69) is 39.6 Å². The lowest BCUT2D eigenvalue weighted by atomic mass is 9.87. The molecule has 6 amide bonds. The number of epoxide rings is 1. The summed E-state index contributed by atoms with van der Waals surface area (Å²) in [7, 11) is 0. The molecule has 19 heteroatoms. The lowest BCUT2D eigenvalue weighted by molar-refractivity contribution is -0.145. The number of hydrogen-bond acceptors (Lipinski definition) is 14. The van der Waals surface area contributed by atoms with Gasteiger partial charge in [-0.2, -0.15) is 0 Å². The largest absolute Gasteiger partial charge is 0.459 e. The predicted molar refractivity (Wildman–Crippen MR) is 275 cm³/mol. The van der Waals surface area contributed by atoms with Gasteiger partial charge in [-0.1, -0.05) is 79.6 Å². The number of nitrogens with one attached hydrogen (secondary N) is 5. The topological polar surface area (TPSA) is 283 Å². The number of ketones is 1. The molecule has 1 spiro atoms. The van der Waals surface area contributed by atoms with Crippen LogP contribution in [0.2, 0.25) is 0 Å². The Labute approximate surface area is 433 Å². The monoisotopic (exact) mass is 1030 g/mol. The SMILES string of the molecule is CC(=O)OC(C)C=CC(=O)NC1CC(C)C(CC=C(C)C=CC2OC(CC(=O)NCc3ccc(CC(=O)C(=O)NC(=O)CCc4ccccc4NC(=O)CNC(=O)CCCCCN)cc3)CC3(CO3)C2O)OC1C. The summed E-state index contributed by atoms with van der Waals surface area (Å²) in [6, 6.07) is 13.5. The summed E-state index contributed by atoms with van der Waals surface area (Å²) < 4.78 is 23.3. The predicted octanol–water partition coefficient (Wildman–Crippen LogP) is 3.64. The summed E-state index contributed by atoms with van der Waals surface area (Å²) in [5.74, 6) is -3.98.